The van der Waals surface area contributed by atoms with Crippen molar-refractivity contribution in [3.8, 4) is 5.75 Å². The van der Waals surface area contributed by atoms with Gasteiger partial charge < -0.3 is 9.47 Å². The lowest BCUT2D eigenvalue weighted by Gasteiger charge is -2.11. The monoisotopic (exact) mass is 356 g/mol. The van der Waals surface area contributed by atoms with Gasteiger partial charge in [-0.15, -0.1) is 23.5 Å². The highest BCUT2D eigenvalue weighted by molar-refractivity contribution is 8.20. The maximum atomic E-state index is 10.9. The molecule has 0 N–H and O–H groups in total. The Morgan fingerprint density at radius 3 is 2.91 bits per heavy atom. The maximum absolute atomic E-state index is 10.9. The number of thioether (sulfide) groups is 3. The molecule has 2 rings (SSSR count). The number of esters is 1. The van der Waals surface area contributed by atoms with E-state index in [0.29, 0.717) is 16.4 Å². The van der Waals surface area contributed by atoms with Crippen molar-refractivity contribution < 1.29 is 14.3 Å². The smallest absolute Gasteiger partial charge is 0.330 e. The Bertz CT molecular complexity index is 490. The van der Waals surface area contributed by atoms with Gasteiger partial charge >= 0.3 is 5.97 Å². The molecule has 3 nitrogen and oxygen atoms in total. The summed E-state index contributed by atoms with van der Waals surface area (Å²) < 4.78 is 10.7. The van der Waals surface area contributed by atoms with Crippen LogP contribution in [0.15, 0.2) is 36.9 Å². The standard InChI is InChI=1S/C16H20O3S3/c1-3-15(17)19-8-9-20-10-14-11-21-16(22-14)12-4-6-13(18-2)7-5-12/h3-7,14,16H,1,8-11H2,2H3. The molecule has 0 aromatic heterocycles. The van der Waals surface area contributed by atoms with E-state index in [9.17, 15) is 4.79 Å². The minimum absolute atomic E-state index is 0.342. The minimum atomic E-state index is -0.342. The summed E-state index contributed by atoms with van der Waals surface area (Å²) in [6, 6.07) is 8.33. The number of hydrogen-bond donors (Lipinski definition) is 0. The van der Waals surface area contributed by atoms with Gasteiger partial charge in [-0.25, -0.2) is 4.79 Å². The molecule has 1 fully saturated rings. The maximum Gasteiger partial charge on any atom is 0.330 e. The van der Waals surface area contributed by atoms with Crippen LogP contribution in [0.5, 0.6) is 5.75 Å². The molecule has 1 aromatic rings. The van der Waals surface area contributed by atoms with Crippen molar-refractivity contribution in [2.45, 2.75) is 9.83 Å². The Hall–Kier alpha value is -0.720. The third kappa shape index (κ3) is 5.48. The molecular weight excluding hydrogens is 336 g/mol. The van der Waals surface area contributed by atoms with E-state index in [-0.39, 0.29) is 5.97 Å². The zero-order valence-corrected chi connectivity index (χ0v) is 15.0. The summed E-state index contributed by atoms with van der Waals surface area (Å²) in [5.41, 5.74) is 1.35. The highest BCUT2D eigenvalue weighted by atomic mass is 32.2. The summed E-state index contributed by atoms with van der Waals surface area (Å²) in [5, 5.41) is 0.650. The van der Waals surface area contributed by atoms with Crippen LogP contribution in [0.4, 0.5) is 0 Å². The molecule has 0 saturated carbocycles. The molecule has 0 aliphatic carbocycles. The summed E-state index contributed by atoms with van der Waals surface area (Å²) in [6.45, 7) is 3.84. The van der Waals surface area contributed by atoms with Crippen molar-refractivity contribution in [3.63, 3.8) is 0 Å². The molecular formula is C16H20O3S3. The highest BCUT2D eigenvalue weighted by Crippen LogP contribution is 2.50. The molecule has 0 amide bonds. The molecule has 2 unspecified atom stereocenters. The van der Waals surface area contributed by atoms with Crippen molar-refractivity contribution in [2.75, 3.05) is 31.0 Å². The van der Waals surface area contributed by atoms with E-state index in [0.717, 1.165) is 17.3 Å². The van der Waals surface area contributed by atoms with E-state index in [2.05, 4.69) is 18.7 Å². The summed E-state index contributed by atoms with van der Waals surface area (Å²) in [4.78, 5) is 10.9. The minimum Gasteiger partial charge on any atom is -0.497 e. The van der Waals surface area contributed by atoms with Crippen LogP contribution in [0.3, 0.4) is 0 Å². The normalized spacial score (nSPS) is 20.6. The number of carbonyl (C=O) groups is 1. The fourth-order valence-corrected chi connectivity index (χ4v) is 6.54. The van der Waals surface area contributed by atoms with Gasteiger partial charge in [-0.3, -0.25) is 0 Å². The van der Waals surface area contributed by atoms with Crippen LogP contribution in [0.25, 0.3) is 0 Å². The average molecular weight is 357 g/mol. The summed E-state index contributed by atoms with van der Waals surface area (Å²) in [7, 11) is 1.69. The molecule has 0 bridgehead atoms. The molecule has 120 valence electrons. The number of ether oxygens (including phenoxy) is 2. The topological polar surface area (TPSA) is 35.5 Å². The van der Waals surface area contributed by atoms with Crippen LogP contribution >= 0.6 is 35.3 Å². The van der Waals surface area contributed by atoms with Gasteiger partial charge in [0, 0.05) is 28.6 Å². The zero-order valence-electron chi connectivity index (χ0n) is 12.5. The molecule has 0 radical (unpaired) electrons. The van der Waals surface area contributed by atoms with Gasteiger partial charge in [0.15, 0.2) is 0 Å². The summed E-state index contributed by atoms with van der Waals surface area (Å²) in [5.74, 6) is 3.66. The van der Waals surface area contributed by atoms with Gasteiger partial charge in [0.2, 0.25) is 0 Å². The first-order chi connectivity index (χ1) is 10.7. The Morgan fingerprint density at radius 1 is 1.45 bits per heavy atom. The van der Waals surface area contributed by atoms with Crippen LogP contribution in [0.2, 0.25) is 0 Å². The van der Waals surface area contributed by atoms with E-state index in [1.807, 2.05) is 47.4 Å². The molecule has 6 heteroatoms. The predicted molar refractivity (Wildman–Crippen MR) is 98.1 cm³/mol. The second-order valence-corrected chi connectivity index (χ2v) is 8.64. The first-order valence-electron chi connectivity index (χ1n) is 7.01. The SMILES string of the molecule is C=CC(=O)OCCSCC1CSC(c2ccc(OC)cc2)S1. The van der Waals surface area contributed by atoms with Gasteiger partial charge in [-0.1, -0.05) is 18.7 Å². The third-order valence-corrected chi connectivity index (χ3v) is 7.74. The Kier molecular flexibility index (Phi) is 7.55. The number of hydrogen-bond acceptors (Lipinski definition) is 6. The molecule has 22 heavy (non-hydrogen) atoms. The van der Waals surface area contributed by atoms with E-state index < -0.39 is 0 Å². The van der Waals surface area contributed by atoms with E-state index in [1.165, 1.54) is 17.4 Å². The predicted octanol–water partition coefficient (Wildman–Crippen LogP) is 4.00. The molecule has 1 heterocycles. The van der Waals surface area contributed by atoms with Crippen LogP contribution in [0, 0.1) is 0 Å². The zero-order chi connectivity index (χ0) is 15.8. The van der Waals surface area contributed by atoms with Crippen molar-refractivity contribution in [2.24, 2.45) is 0 Å². The lowest BCUT2D eigenvalue weighted by atomic mass is 10.2. The first-order valence-corrected chi connectivity index (χ1v) is 10.2. The highest BCUT2D eigenvalue weighted by Gasteiger charge is 2.27. The summed E-state index contributed by atoms with van der Waals surface area (Å²) >= 11 is 5.86. The molecule has 1 saturated heterocycles. The Labute approximate surface area is 144 Å². The lowest BCUT2D eigenvalue weighted by Crippen LogP contribution is -2.08. The average Bonchev–Trinajstić information content (AvgIpc) is 3.03. The number of methoxy groups -OCH3 is 1. The second kappa shape index (κ2) is 9.43. The summed E-state index contributed by atoms with van der Waals surface area (Å²) in [6.07, 6.45) is 1.20. The van der Waals surface area contributed by atoms with Crippen molar-refractivity contribution in [3.05, 3.63) is 42.5 Å². The van der Waals surface area contributed by atoms with Crippen molar-refractivity contribution in [1.82, 2.24) is 0 Å². The molecule has 2 atom stereocenters. The molecule has 1 aromatic carbocycles. The van der Waals surface area contributed by atoms with Gasteiger partial charge in [0.1, 0.15) is 12.4 Å². The van der Waals surface area contributed by atoms with Crippen LogP contribution in [0.1, 0.15) is 10.1 Å². The van der Waals surface area contributed by atoms with Gasteiger partial charge in [-0.2, -0.15) is 11.8 Å². The second-order valence-electron chi connectivity index (χ2n) is 4.64. The van der Waals surface area contributed by atoms with E-state index >= 15 is 0 Å². The lowest BCUT2D eigenvalue weighted by molar-refractivity contribution is -0.137. The quantitative estimate of drug-likeness (QED) is 0.398. The first kappa shape index (κ1) is 17.6. The van der Waals surface area contributed by atoms with Gasteiger partial charge in [0.05, 0.1) is 11.7 Å². The molecule has 0 spiro atoms. The molecule has 1 aliphatic rings. The van der Waals surface area contributed by atoms with Gasteiger partial charge in [-0.05, 0) is 17.7 Å². The van der Waals surface area contributed by atoms with Crippen molar-refractivity contribution in [1.29, 1.82) is 0 Å². The van der Waals surface area contributed by atoms with Crippen LogP contribution in [-0.4, -0.2) is 42.2 Å². The fourth-order valence-electron chi connectivity index (χ4n) is 1.95. The van der Waals surface area contributed by atoms with Gasteiger partial charge in [0.25, 0.3) is 0 Å². The number of benzene rings is 1. The van der Waals surface area contributed by atoms with Crippen LogP contribution in [-0.2, 0) is 9.53 Å². The molecule has 1 aliphatic heterocycles. The van der Waals surface area contributed by atoms with E-state index in [1.54, 1.807) is 7.11 Å². The van der Waals surface area contributed by atoms with Crippen molar-refractivity contribution >= 4 is 41.3 Å². The largest absolute Gasteiger partial charge is 0.497 e. The number of rotatable bonds is 8. The Balaban J connectivity index is 1.66. The van der Waals surface area contributed by atoms with E-state index in [4.69, 9.17) is 9.47 Å². The third-order valence-electron chi connectivity index (χ3n) is 3.08. The van der Waals surface area contributed by atoms with Crippen LogP contribution < -0.4 is 4.74 Å². The Morgan fingerprint density at radius 2 is 2.23 bits per heavy atom. The number of carbonyl (C=O) groups excluding carboxylic acids is 1. The fraction of sp³-hybridized carbons (Fsp3) is 0.438.